The molecule has 0 atom stereocenters. The molecule has 2 heterocycles. The van der Waals surface area contributed by atoms with Crippen LogP contribution in [0.25, 0.3) is 11.3 Å². The van der Waals surface area contributed by atoms with Crippen molar-refractivity contribution in [3.63, 3.8) is 0 Å². The molecule has 0 amide bonds. The third-order valence-corrected chi connectivity index (χ3v) is 2.43. The summed E-state index contributed by atoms with van der Waals surface area (Å²) in [4.78, 5) is 8.70. The normalized spacial score (nSPS) is 10.3. The summed E-state index contributed by atoms with van der Waals surface area (Å²) in [6, 6.07) is 6.19. The van der Waals surface area contributed by atoms with Gasteiger partial charge in [-0.2, -0.15) is 0 Å². The van der Waals surface area contributed by atoms with E-state index < -0.39 is 0 Å². The van der Waals surface area contributed by atoms with Gasteiger partial charge in [0.1, 0.15) is 0 Å². The average Bonchev–Trinajstić information content (AvgIpc) is 2.20. The Balaban J connectivity index is 2.49. The van der Waals surface area contributed by atoms with Crippen molar-refractivity contribution in [1.29, 1.82) is 0 Å². The van der Waals surface area contributed by atoms with Crippen molar-refractivity contribution >= 4 is 0 Å². The SMILES string of the molecule is Cc1ccc(-c2cnc(C)cc2C)nc1. The van der Waals surface area contributed by atoms with E-state index >= 15 is 0 Å². The molecular weight excluding hydrogens is 184 g/mol. The highest BCUT2D eigenvalue weighted by atomic mass is 14.7. The predicted molar refractivity (Wildman–Crippen MR) is 61.7 cm³/mol. The summed E-state index contributed by atoms with van der Waals surface area (Å²) in [6.07, 6.45) is 3.77. The quantitative estimate of drug-likeness (QED) is 0.703. The second kappa shape index (κ2) is 3.81. The molecule has 0 spiro atoms. The third kappa shape index (κ3) is 2.04. The number of pyridine rings is 2. The van der Waals surface area contributed by atoms with Crippen molar-refractivity contribution in [2.24, 2.45) is 0 Å². The predicted octanol–water partition coefficient (Wildman–Crippen LogP) is 3.07. The molecular formula is C13H14N2. The lowest BCUT2D eigenvalue weighted by Gasteiger charge is -2.05. The first-order valence-corrected chi connectivity index (χ1v) is 5.03. The largest absolute Gasteiger partial charge is 0.261 e. The molecule has 2 heteroatoms. The minimum atomic E-state index is 0.991. The summed E-state index contributed by atoms with van der Waals surface area (Å²) < 4.78 is 0. The molecule has 0 aliphatic heterocycles. The summed E-state index contributed by atoms with van der Waals surface area (Å²) in [5.41, 5.74) is 5.55. The molecule has 2 rings (SSSR count). The second-order valence-electron chi connectivity index (χ2n) is 3.86. The highest BCUT2D eigenvalue weighted by Gasteiger charge is 2.03. The van der Waals surface area contributed by atoms with E-state index in [1.165, 1.54) is 11.1 Å². The van der Waals surface area contributed by atoms with Gasteiger partial charge in [-0.15, -0.1) is 0 Å². The summed E-state index contributed by atoms with van der Waals surface area (Å²) >= 11 is 0. The molecule has 2 aromatic rings. The Hall–Kier alpha value is -1.70. The molecule has 0 aromatic carbocycles. The van der Waals surface area contributed by atoms with Gasteiger partial charge in [-0.25, -0.2) is 0 Å². The van der Waals surface area contributed by atoms with E-state index in [2.05, 4.69) is 29.0 Å². The highest BCUT2D eigenvalue weighted by Crippen LogP contribution is 2.20. The zero-order valence-corrected chi connectivity index (χ0v) is 9.28. The number of nitrogens with zero attached hydrogens (tertiary/aromatic N) is 2. The maximum absolute atomic E-state index is 4.40. The maximum atomic E-state index is 4.40. The standard InChI is InChI=1S/C13H14N2/c1-9-4-5-13(15-7-9)12-8-14-11(3)6-10(12)2/h4-8H,1-3H3. The summed E-state index contributed by atoms with van der Waals surface area (Å²) in [5, 5.41) is 0. The van der Waals surface area contributed by atoms with Crippen LogP contribution in [0.3, 0.4) is 0 Å². The molecule has 0 saturated heterocycles. The molecule has 0 saturated carbocycles. The van der Waals surface area contributed by atoms with Gasteiger partial charge in [-0.05, 0) is 44.0 Å². The molecule has 2 nitrogen and oxygen atoms in total. The minimum Gasteiger partial charge on any atom is -0.261 e. The lowest BCUT2D eigenvalue weighted by Crippen LogP contribution is -1.90. The van der Waals surface area contributed by atoms with Crippen LogP contribution in [0.15, 0.2) is 30.6 Å². The summed E-state index contributed by atoms with van der Waals surface area (Å²) in [5.74, 6) is 0. The molecule has 15 heavy (non-hydrogen) atoms. The van der Waals surface area contributed by atoms with Gasteiger partial charge in [0.05, 0.1) is 5.69 Å². The molecule has 0 aliphatic rings. The first kappa shape index (κ1) is 9.84. The van der Waals surface area contributed by atoms with E-state index in [4.69, 9.17) is 0 Å². The number of rotatable bonds is 1. The van der Waals surface area contributed by atoms with Crippen molar-refractivity contribution < 1.29 is 0 Å². The molecule has 2 aromatic heterocycles. The zero-order valence-electron chi connectivity index (χ0n) is 9.28. The Morgan fingerprint density at radius 3 is 2.33 bits per heavy atom. The van der Waals surface area contributed by atoms with Crippen LogP contribution < -0.4 is 0 Å². The van der Waals surface area contributed by atoms with E-state index in [-0.39, 0.29) is 0 Å². The Labute approximate surface area is 90.0 Å². The van der Waals surface area contributed by atoms with Crippen LogP contribution in [0.1, 0.15) is 16.8 Å². The lowest BCUT2D eigenvalue weighted by atomic mass is 10.1. The molecule has 0 bridgehead atoms. The molecule has 0 N–H and O–H groups in total. The average molecular weight is 198 g/mol. The lowest BCUT2D eigenvalue weighted by molar-refractivity contribution is 1.16. The van der Waals surface area contributed by atoms with Gasteiger partial charge in [0.2, 0.25) is 0 Å². The van der Waals surface area contributed by atoms with Crippen LogP contribution in [-0.2, 0) is 0 Å². The Morgan fingerprint density at radius 1 is 0.933 bits per heavy atom. The van der Waals surface area contributed by atoms with Crippen molar-refractivity contribution in [3.05, 3.63) is 47.4 Å². The van der Waals surface area contributed by atoms with Crippen molar-refractivity contribution in [1.82, 2.24) is 9.97 Å². The van der Waals surface area contributed by atoms with E-state index in [0.717, 1.165) is 17.0 Å². The fourth-order valence-corrected chi connectivity index (χ4v) is 1.59. The monoisotopic (exact) mass is 198 g/mol. The fourth-order valence-electron chi connectivity index (χ4n) is 1.59. The molecule has 0 radical (unpaired) electrons. The van der Waals surface area contributed by atoms with E-state index in [1.54, 1.807) is 0 Å². The van der Waals surface area contributed by atoms with E-state index in [1.807, 2.05) is 32.3 Å². The van der Waals surface area contributed by atoms with Crippen molar-refractivity contribution in [2.45, 2.75) is 20.8 Å². The first-order valence-electron chi connectivity index (χ1n) is 5.03. The highest BCUT2D eigenvalue weighted by molar-refractivity contribution is 5.62. The van der Waals surface area contributed by atoms with Gasteiger partial charge < -0.3 is 0 Å². The second-order valence-corrected chi connectivity index (χ2v) is 3.86. The van der Waals surface area contributed by atoms with Crippen LogP contribution >= 0.6 is 0 Å². The summed E-state index contributed by atoms with van der Waals surface area (Å²) in [7, 11) is 0. The Bertz CT molecular complexity index is 472. The Kier molecular flexibility index (Phi) is 2.50. The van der Waals surface area contributed by atoms with Crippen LogP contribution in [0, 0.1) is 20.8 Å². The number of hydrogen-bond acceptors (Lipinski definition) is 2. The van der Waals surface area contributed by atoms with Crippen molar-refractivity contribution in [3.8, 4) is 11.3 Å². The summed E-state index contributed by atoms with van der Waals surface area (Å²) in [6.45, 7) is 6.13. The van der Waals surface area contributed by atoms with E-state index in [9.17, 15) is 0 Å². The van der Waals surface area contributed by atoms with Gasteiger partial charge in [-0.1, -0.05) is 6.07 Å². The number of aryl methyl sites for hydroxylation is 3. The van der Waals surface area contributed by atoms with Crippen LogP contribution in [-0.4, -0.2) is 9.97 Å². The van der Waals surface area contributed by atoms with Gasteiger partial charge in [-0.3, -0.25) is 9.97 Å². The van der Waals surface area contributed by atoms with Crippen molar-refractivity contribution in [2.75, 3.05) is 0 Å². The fraction of sp³-hybridized carbons (Fsp3) is 0.231. The maximum Gasteiger partial charge on any atom is 0.0720 e. The van der Waals surface area contributed by atoms with Gasteiger partial charge in [0.15, 0.2) is 0 Å². The van der Waals surface area contributed by atoms with E-state index in [0.29, 0.717) is 0 Å². The van der Waals surface area contributed by atoms with Crippen LogP contribution in [0.5, 0.6) is 0 Å². The third-order valence-electron chi connectivity index (χ3n) is 2.43. The molecule has 76 valence electrons. The van der Waals surface area contributed by atoms with Crippen LogP contribution in [0.4, 0.5) is 0 Å². The van der Waals surface area contributed by atoms with Gasteiger partial charge in [0.25, 0.3) is 0 Å². The Morgan fingerprint density at radius 2 is 1.73 bits per heavy atom. The smallest absolute Gasteiger partial charge is 0.0720 e. The molecule has 0 unspecified atom stereocenters. The minimum absolute atomic E-state index is 0.991. The number of aromatic nitrogens is 2. The topological polar surface area (TPSA) is 25.8 Å². The zero-order chi connectivity index (χ0) is 10.8. The molecule has 0 fully saturated rings. The molecule has 0 aliphatic carbocycles. The van der Waals surface area contributed by atoms with Crippen LogP contribution in [0.2, 0.25) is 0 Å². The number of hydrogen-bond donors (Lipinski definition) is 0. The van der Waals surface area contributed by atoms with Gasteiger partial charge in [0, 0.05) is 23.7 Å². The first-order chi connectivity index (χ1) is 7.16. The van der Waals surface area contributed by atoms with Gasteiger partial charge >= 0.3 is 0 Å².